The molecule has 1 aromatic rings. The van der Waals surface area contributed by atoms with Gasteiger partial charge in [-0.25, -0.2) is 14.4 Å². The molecule has 3 heterocycles. The number of nitrogens with one attached hydrogen (secondary N) is 2. The maximum Gasteiger partial charge on any atom is 0.431 e. The Labute approximate surface area is 233 Å². The van der Waals surface area contributed by atoms with Gasteiger partial charge in [0.15, 0.2) is 0 Å². The molecular formula is C27H38N6O7. The summed E-state index contributed by atoms with van der Waals surface area (Å²) in [6.45, 7) is 8.07. The van der Waals surface area contributed by atoms with Crippen LogP contribution >= 0.6 is 0 Å². The van der Waals surface area contributed by atoms with E-state index in [1.807, 2.05) is 11.8 Å². The molecule has 0 spiro atoms. The van der Waals surface area contributed by atoms with E-state index >= 15 is 0 Å². The van der Waals surface area contributed by atoms with Gasteiger partial charge in [-0.2, -0.15) is 0 Å². The topological polar surface area (TPSA) is 145 Å². The van der Waals surface area contributed by atoms with Crippen LogP contribution < -0.4 is 10.2 Å². The molecule has 40 heavy (non-hydrogen) atoms. The quantitative estimate of drug-likeness (QED) is 0.278. The second kappa shape index (κ2) is 13.1. The van der Waals surface area contributed by atoms with Crippen molar-refractivity contribution in [1.82, 2.24) is 20.2 Å². The molecule has 3 unspecified atom stereocenters. The van der Waals surface area contributed by atoms with E-state index in [2.05, 4.69) is 5.32 Å². The predicted molar refractivity (Wildman–Crippen MR) is 145 cm³/mol. The zero-order valence-electron chi connectivity index (χ0n) is 23.3. The second-order valence-electron chi connectivity index (χ2n) is 10.3. The molecule has 4 rings (SSSR count). The average molecular weight is 559 g/mol. The third-order valence-corrected chi connectivity index (χ3v) is 7.40. The van der Waals surface area contributed by atoms with Gasteiger partial charge in [-0.1, -0.05) is 6.42 Å². The van der Waals surface area contributed by atoms with Crippen molar-refractivity contribution in [3.8, 4) is 0 Å². The molecule has 1 aromatic carbocycles. The van der Waals surface area contributed by atoms with Crippen molar-refractivity contribution in [3.63, 3.8) is 0 Å². The molecule has 3 aliphatic heterocycles. The van der Waals surface area contributed by atoms with Crippen molar-refractivity contribution in [1.29, 1.82) is 5.41 Å². The molecule has 3 saturated heterocycles. The predicted octanol–water partition coefficient (Wildman–Crippen LogP) is 1.95. The highest BCUT2D eigenvalue weighted by atomic mass is 16.7. The van der Waals surface area contributed by atoms with Gasteiger partial charge < -0.3 is 19.2 Å². The van der Waals surface area contributed by atoms with Crippen LogP contribution in [0.4, 0.5) is 15.3 Å². The van der Waals surface area contributed by atoms with E-state index in [1.165, 1.54) is 9.80 Å². The van der Waals surface area contributed by atoms with Crippen LogP contribution in [0.15, 0.2) is 24.3 Å². The van der Waals surface area contributed by atoms with Crippen molar-refractivity contribution in [3.05, 3.63) is 29.8 Å². The number of rotatable bonds is 8. The normalized spacial score (nSPS) is 23.0. The summed E-state index contributed by atoms with van der Waals surface area (Å²) >= 11 is 0. The zero-order chi connectivity index (χ0) is 28.8. The number of amides is 3. The number of cyclic esters (lactones) is 1. The summed E-state index contributed by atoms with van der Waals surface area (Å²) in [4.78, 5) is 59.8. The molecule has 0 aromatic heterocycles. The number of nitrogens with zero attached hydrogens (tertiary/aromatic N) is 4. The smallest absolute Gasteiger partial charge is 0.431 e. The number of anilines is 1. The fourth-order valence-corrected chi connectivity index (χ4v) is 5.13. The molecule has 13 heteroatoms. The van der Waals surface area contributed by atoms with E-state index in [4.69, 9.17) is 19.7 Å². The van der Waals surface area contributed by atoms with Crippen LogP contribution in [0.1, 0.15) is 45.6 Å². The third-order valence-electron chi connectivity index (χ3n) is 7.40. The Bertz CT molecular complexity index is 1110. The van der Waals surface area contributed by atoms with Gasteiger partial charge in [0, 0.05) is 43.5 Å². The van der Waals surface area contributed by atoms with Gasteiger partial charge in [0.05, 0.1) is 19.7 Å². The van der Waals surface area contributed by atoms with Crippen LogP contribution in [0.25, 0.3) is 0 Å². The van der Waals surface area contributed by atoms with E-state index in [0.29, 0.717) is 44.0 Å². The molecule has 3 atom stereocenters. The first kappa shape index (κ1) is 29.3. The molecule has 13 nitrogen and oxygen atoms in total. The first-order valence-electron chi connectivity index (χ1n) is 13.8. The highest BCUT2D eigenvalue weighted by Crippen LogP contribution is 2.23. The van der Waals surface area contributed by atoms with Gasteiger partial charge >= 0.3 is 18.2 Å². The van der Waals surface area contributed by atoms with E-state index in [9.17, 15) is 19.2 Å². The lowest BCUT2D eigenvalue weighted by Crippen LogP contribution is -2.56. The SMILES string of the molecule is CCOC(=O)C(C)N1CCN(CC2CN(c3ccc(C(=N)NC(=O)ON4CCCCC4C)cc3)C(=O)O2)CC1=O. The van der Waals surface area contributed by atoms with Gasteiger partial charge in [-0.05, 0) is 57.9 Å². The molecule has 3 fully saturated rings. The molecule has 2 N–H and O–H groups in total. The Morgan fingerprint density at radius 2 is 1.90 bits per heavy atom. The Morgan fingerprint density at radius 1 is 1.15 bits per heavy atom. The lowest BCUT2D eigenvalue weighted by Gasteiger charge is -2.37. The molecule has 0 saturated carbocycles. The number of carbonyl (C=O) groups excluding carboxylic acids is 4. The van der Waals surface area contributed by atoms with Crippen molar-refractivity contribution in [2.24, 2.45) is 0 Å². The summed E-state index contributed by atoms with van der Waals surface area (Å²) in [5.41, 5.74) is 1.06. The van der Waals surface area contributed by atoms with Gasteiger partial charge in [0.25, 0.3) is 0 Å². The number of ether oxygens (including phenoxy) is 2. The zero-order valence-corrected chi connectivity index (χ0v) is 23.3. The first-order valence-corrected chi connectivity index (χ1v) is 13.8. The third kappa shape index (κ3) is 7.07. The summed E-state index contributed by atoms with van der Waals surface area (Å²) in [6, 6.07) is 6.16. The van der Waals surface area contributed by atoms with Crippen LogP contribution in [0, 0.1) is 5.41 Å². The summed E-state index contributed by atoms with van der Waals surface area (Å²) in [6.07, 6.45) is 1.39. The van der Waals surface area contributed by atoms with E-state index in [1.54, 1.807) is 43.2 Å². The number of benzene rings is 1. The standard InChI is InChI=1S/C27H38N6O7/c1-4-38-25(35)19(3)31-14-13-30(17-23(31)34)15-22-16-32(27(37)39-22)21-10-8-20(9-11-21)24(28)29-26(36)40-33-12-6-5-7-18(33)2/h8-11,18-19,22H,4-7,12-17H2,1-3H3,(H2,28,29,36). The largest absolute Gasteiger partial charge is 0.464 e. The summed E-state index contributed by atoms with van der Waals surface area (Å²) < 4.78 is 10.6. The van der Waals surface area contributed by atoms with Crippen molar-refractivity contribution >= 4 is 35.6 Å². The van der Waals surface area contributed by atoms with Crippen molar-refractivity contribution < 1.29 is 33.5 Å². The Morgan fingerprint density at radius 3 is 2.58 bits per heavy atom. The van der Waals surface area contributed by atoms with E-state index < -0.39 is 30.3 Å². The van der Waals surface area contributed by atoms with Crippen LogP contribution in [0.2, 0.25) is 0 Å². The number of hydroxylamine groups is 2. The lowest BCUT2D eigenvalue weighted by molar-refractivity contribution is -0.156. The van der Waals surface area contributed by atoms with Crippen LogP contribution in [0.5, 0.6) is 0 Å². The molecule has 0 radical (unpaired) electrons. The Hall–Kier alpha value is -3.71. The minimum absolute atomic E-state index is 0.107. The van der Waals surface area contributed by atoms with Crippen LogP contribution in [-0.4, -0.2) is 109 Å². The number of hydrogen-bond donors (Lipinski definition) is 2. The summed E-state index contributed by atoms with van der Waals surface area (Å²) in [5, 5.41) is 12.3. The van der Waals surface area contributed by atoms with Gasteiger partial charge in [0.1, 0.15) is 18.0 Å². The summed E-state index contributed by atoms with van der Waals surface area (Å²) in [5.74, 6) is -0.702. The number of hydrogen-bond acceptors (Lipinski definition) is 10. The average Bonchev–Trinajstić information content (AvgIpc) is 3.29. The highest BCUT2D eigenvalue weighted by molar-refractivity contribution is 6.04. The van der Waals surface area contributed by atoms with Crippen molar-refractivity contribution in [2.45, 2.75) is 58.2 Å². The Balaban J connectivity index is 1.25. The number of amidine groups is 1. The van der Waals surface area contributed by atoms with Gasteiger partial charge in [0.2, 0.25) is 5.91 Å². The monoisotopic (exact) mass is 558 g/mol. The number of piperidine rings is 1. The summed E-state index contributed by atoms with van der Waals surface area (Å²) in [7, 11) is 0. The van der Waals surface area contributed by atoms with Gasteiger partial charge in [-0.15, -0.1) is 5.06 Å². The minimum atomic E-state index is -0.705. The maximum atomic E-state index is 12.7. The van der Waals surface area contributed by atoms with E-state index in [-0.39, 0.29) is 30.9 Å². The maximum absolute atomic E-state index is 12.7. The number of piperazine rings is 1. The first-order chi connectivity index (χ1) is 19.2. The number of carbonyl (C=O) groups is 4. The lowest BCUT2D eigenvalue weighted by atomic mass is 10.1. The fraction of sp³-hybridized carbons (Fsp3) is 0.593. The second-order valence-corrected chi connectivity index (χ2v) is 10.3. The molecule has 0 aliphatic carbocycles. The molecule has 3 amide bonds. The minimum Gasteiger partial charge on any atom is -0.464 e. The molecule has 3 aliphatic rings. The Kier molecular flexibility index (Phi) is 9.58. The highest BCUT2D eigenvalue weighted by Gasteiger charge is 2.37. The number of esters is 1. The molecule has 0 bridgehead atoms. The molecular weight excluding hydrogens is 520 g/mol. The van der Waals surface area contributed by atoms with Gasteiger partial charge in [-0.3, -0.25) is 25.3 Å². The molecule has 218 valence electrons. The fourth-order valence-electron chi connectivity index (χ4n) is 5.13. The van der Waals surface area contributed by atoms with Crippen LogP contribution in [0.3, 0.4) is 0 Å². The van der Waals surface area contributed by atoms with Crippen LogP contribution in [-0.2, 0) is 23.9 Å². The van der Waals surface area contributed by atoms with Crippen molar-refractivity contribution in [2.75, 3.05) is 50.8 Å². The van der Waals surface area contributed by atoms with E-state index in [0.717, 1.165) is 19.3 Å².